The number of rotatable bonds is 5. The number of nitrogens with one attached hydrogen (secondary N) is 1. The normalized spacial score (nSPS) is 15.0. The van der Waals surface area contributed by atoms with Crippen LogP contribution in [0.1, 0.15) is 49.9 Å². The van der Waals surface area contributed by atoms with Crippen molar-refractivity contribution in [3.05, 3.63) is 30.1 Å². The Hall–Kier alpha value is -2.17. The minimum absolute atomic E-state index is 0.0222. The predicted octanol–water partition coefficient (Wildman–Crippen LogP) is 3.40. The van der Waals surface area contributed by atoms with Crippen molar-refractivity contribution in [2.45, 2.75) is 39.5 Å². The van der Waals surface area contributed by atoms with Crippen molar-refractivity contribution in [2.24, 2.45) is 5.92 Å². The van der Waals surface area contributed by atoms with Crippen molar-refractivity contribution in [2.75, 3.05) is 24.5 Å². The summed E-state index contributed by atoms with van der Waals surface area (Å²) in [6.07, 6.45) is 6.28. The number of aromatic nitrogens is 2. The molecule has 0 bridgehead atoms. The first-order valence-electron chi connectivity index (χ1n) is 8.93. The molecule has 0 aliphatic carbocycles. The Morgan fingerprint density at radius 3 is 2.75 bits per heavy atom. The molecule has 3 rings (SSSR count). The Morgan fingerprint density at radius 2 is 2.00 bits per heavy atom. The standard InChI is InChI=1S/C19H26N4O/c1-14(2)8-9-20-19(24)15-6-7-17-16(12-15)18(22-13-21-17)23-10-4-3-5-11-23/h6-7,12-14H,3-5,8-11H2,1-2H3,(H,20,24). The topological polar surface area (TPSA) is 58.1 Å². The van der Waals surface area contributed by atoms with Gasteiger partial charge in [0.25, 0.3) is 5.91 Å². The molecule has 1 saturated heterocycles. The van der Waals surface area contributed by atoms with Crippen LogP contribution in [0.25, 0.3) is 10.9 Å². The highest BCUT2D eigenvalue weighted by Gasteiger charge is 2.16. The minimum Gasteiger partial charge on any atom is -0.356 e. The van der Waals surface area contributed by atoms with Crippen molar-refractivity contribution >= 4 is 22.6 Å². The molecule has 1 amide bonds. The first-order valence-corrected chi connectivity index (χ1v) is 8.93. The molecule has 1 aliphatic heterocycles. The van der Waals surface area contributed by atoms with Crippen molar-refractivity contribution in [3.63, 3.8) is 0 Å². The quantitative estimate of drug-likeness (QED) is 0.915. The molecule has 2 aromatic rings. The number of fused-ring (bicyclic) bond motifs is 1. The SMILES string of the molecule is CC(C)CCNC(=O)c1ccc2ncnc(N3CCCCC3)c2c1. The molecule has 0 unspecified atom stereocenters. The van der Waals surface area contributed by atoms with Gasteiger partial charge in [-0.1, -0.05) is 13.8 Å². The van der Waals surface area contributed by atoms with E-state index in [1.807, 2.05) is 18.2 Å². The van der Waals surface area contributed by atoms with Gasteiger partial charge < -0.3 is 10.2 Å². The fourth-order valence-electron chi connectivity index (χ4n) is 3.12. The number of carbonyl (C=O) groups is 1. The van der Waals surface area contributed by atoms with Crippen LogP contribution in [0, 0.1) is 5.92 Å². The second-order valence-electron chi connectivity index (χ2n) is 6.92. The summed E-state index contributed by atoms with van der Waals surface area (Å²) in [5.74, 6) is 1.52. The monoisotopic (exact) mass is 326 g/mol. The third-order valence-corrected chi connectivity index (χ3v) is 4.54. The van der Waals surface area contributed by atoms with E-state index in [9.17, 15) is 4.79 Å². The lowest BCUT2D eigenvalue weighted by Crippen LogP contribution is -2.30. The number of benzene rings is 1. The zero-order valence-electron chi connectivity index (χ0n) is 14.6. The Balaban J connectivity index is 1.84. The van der Waals surface area contributed by atoms with Gasteiger partial charge in [-0.05, 0) is 49.8 Å². The van der Waals surface area contributed by atoms with Crippen molar-refractivity contribution in [1.82, 2.24) is 15.3 Å². The molecule has 0 radical (unpaired) electrons. The molecule has 24 heavy (non-hydrogen) atoms. The molecular weight excluding hydrogens is 300 g/mol. The van der Waals surface area contributed by atoms with Crippen molar-refractivity contribution in [1.29, 1.82) is 0 Å². The van der Waals surface area contributed by atoms with Crippen molar-refractivity contribution in [3.8, 4) is 0 Å². The van der Waals surface area contributed by atoms with Gasteiger partial charge in [-0.3, -0.25) is 4.79 Å². The van der Waals surface area contributed by atoms with Gasteiger partial charge >= 0.3 is 0 Å². The average molecular weight is 326 g/mol. The minimum atomic E-state index is -0.0222. The third kappa shape index (κ3) is 3.83. The summed E-state index contributed by atoms with van der Waals surface area (Å²) in [5.41, 5.74) is 1.57. The van der Waals surface area contributed by atoms with Crippen LogP contribution >= 0.6 is 0 Å². The molecule has 0 spiro atoms. The van der Waals surface area contributed by atoms with Crippen LogP contribution in [0.2, 0.25) is 0 Å². The molecule has 1 aromatic heterocycles. The van der Waals surface area contributed by atoms with Gasteiger partial charge in [0, 0.05) is 30.6 Å². The van der Waals surface area contributed by atoms with Crippen LogP contribution in [0.5, 0.6) is 0 Å². The van der Waals surface area contributed by atoms with Crippen LogP contribution in [-0.2, 0) is 0 Å². The second-order valence-corrected chi connectivity index (χ2v) is 6.92. The lowest BCUT2D eigenvalue weighted by atomic mass is 10.1. The first kappa shape index (κ1) is 16.7. The summed E-state index contributed by atoms with van der Waals surface area (Å²) >= 11 is 0. The van der Waals surface area contributed by atoms with Gasteiger partial charge in [-0.25, -0.2) is 9.97 Å². The maximum atomic E-state index is 12.4. The zero-order chi connectivity index (χ0) is 16.9. The van der Waals surface area contributed by atoms with Gasteiger partial charge in [0.15, 0.2) is 0 Å². The number of hydrogen-bond acceptors (Lipinski definition) is 4. The van der Waals surface area contributed by atoms with Gasteiger partial charge in [-0.15, -0.1) is 0 Å². The molecule has 1 aromatic carbocycles. The van der Waals surface area contributed by atoms with E-state index in [0.29, 0.717) is 18.0 Å². The van der Waals surface area contributed by atoms with Crippen LogP contribution < -0.4 is 10.2 Å². The largest absolute Gasteiger partial charge is 0.356 e. The highest BCUT2D eigenvalue weighted by molar-refractivity contribution is 6.00. The van der Waals surface area contributed by atoms with E-state index in [4.69, 9.17) is 0 Å². The molecule has 0 atom stereocenters. The predicted molar refractivity (Wildman–Crippen MR) is 97.4 cm³/mol. The molecule has 128 valence electrons. The summed E-state index contributed by atoms with van der Waals surface area (Å²) in [6.45, 7) is 7.07. The molecule has 0 saturated carbocycles. The number of amides is 1. The molecule has 2 heterocycles. The number of anilines is 1. The van der Waals surface area contributed by atoms with Crippen LogP contribution in [0.3, 0.4) is 0 Å². The maximum Gasteiger partial charge on any atom is 0.251 e. The number of carbonyl (C=O) groups excluding carboxylic acids is 1. The smallest absolute Gasteiger partial charge is 0.251 e. The average Bonchev–Trinajstić information content (AvgIpc) is 2.61. The van der Waals surface area contributed by atoms with E-state index in [2.05, 4.69) is 34.0 Å². The summed E-state index contributed by atoms with van der Waals surface area (Å²) in [7, 11) is 0. The lowest BCUT2D eigenvalue weighted by molar-refractivity contribution is 0.0952. The molecule has 5 nitrogen and oxygen atoms in total. The molecule has 5 heteroatoms. The Bertz CT molecular complexity index is 708. The third-order valence-electron chi connectivity index (χ3n) is 4.54. The number of hydrogen-bond donors (Lipinski definition) is 1. The van der Waals surface area contributed by atoms with Crippen LogP contribution in [0.4, 0.5) is 5.82 Å². The summed E-state index contributed by atoms with van der Waals surface area (Å²) in [6, 6.07) is 5.70. The maximum absolute atomic E-state index is 12.4. The highest BCUT2D eigenvalue weighted by atomic mass is 16.1. The summed E-state index contributed by atoms with van der Waals surface area (Å²) in [5, 5.41) is 3.97. The fraction of sp³-hybridized carbons (Fsp3) is 0.526. The van der Waals surface area contributed by atoms with Crippen LogP contribution in [0.15, 0.2) is 24.5 Å². The van der Waals surface area contributed by atoms with Gasteiger partial charge in [-0.2, -0.15) is 0 Å². The van der Waals surface area contributed by atoms with E-state index in [1.165, 1.54) is 19.3 Å². The molecule has 1 aliphatic rings. The van der Waals surface area contributed by atoms with Crippen LogP contribution in [-0.4, -0.2) is 35.5 Å². The molecular formula is C19H26N4O. The second kappa shape index (κ2) is 7.60. The van der Waals surface area contributed by atoms with Gasteiger partial charge in [0.05, 0.1) is 5.52 Å². The Kier molecular flexibility index (Phi) is 5.28. The number of piperidine rings is 1. The lowest BCUT2D eigenvalue weighted by Gasteiger charge is -2.28. The van der Waals surface area contributed by atoms with E-state index >= 15 is 0 Å². The highest BCUT2D eigenvalue weighted by Crippen LogP contribution is 2.26. The van der Waals surface area contributed by atoms with Gasteiger partial charge in [0.1, 0.15) is 12.1 Å². The van der Waals surface area contributed by atoms with Crippen molar-refractivity contribution < 1.29 is 4.79 Å². The first-order chi connectivity index (χ1) is 11.6. The Morgan fingerprint density at radius 1 is 1.21 bits per heavy atom. The van der Waals surface area contributed by atoms with E-state index in [0.717, 1.165) is 36.2 Å². The van der Waals surface area contributed by atoms with E-state index < -0.39 is 0 Å². The summed E-state index contributed by atoms with van der Waals surface area (Å²) in [4.78, 5) is 23.6. The van der Waals surface area contributed by atoms with E-state index in [1.54, 1.807) is 6.33 Å². The Labute approximate surface area is 143 Å². The van der Waals surface area contributed by atoms with E-state index in [-0.39, 0.29) is 5.91 Å². The number of nitrogens with zero attached hydrogens (tertiary/aromatic N) is 3. The zero-order valence-corrected chi connectivity index (χ0v) is 14.6. The summed E-state index contributed by atoms with van der Waals surface area (Å²) < 4.78 is 0. The van der Waals surface area contributed by atoms with Gasteiger partial charge in [0.2, 0.25) is 0 Å². The molecule has 1 N–H and O–H groups in total. The fourth-order valence-corrected chi connectivity index (χ4v) is 3.12. The molecule has 1 fully saturated rings.